The summed E-state index contributed by atoms with van der Waals surface area (Å²) in [6.45, 7) is 3.32. The number of nitrogens with one attached hydrogen (secondary N) is 1. The van der Waals surface area contributed by atoms with Gasteiger partial charge in [-0.15, -0.1) is 0 Å². The van der Waals surface area contributed by atoms with Gasteiger partial charge in [0.25, 0.3) is 5.69 Å². The summed E-state index contributed by atoms with van der Waals surface area (Å²) >= 11 is 0. The van der Waals surface area contributed by atoms with Gasteiger partial charge in [-0.2, -0.15) is 0 Å². The van der Waals surface area contributed by atoms with Gasteiger partial charge in [0.2, 0.25) is 0 Å². The summed E-state index contributed by atoms with van der Waals surface area (Å²) in [6, 6.07) is 15.8. The molecule has 0 aromatic heterocycles. The smallest absolute Gasteiger partial charge is 0.272 e. The lowest BCUT2D eigenvalue weighted by Crippen LogP contribution is -2.15. The number of aryl methyl sites for hydroxylation is 2. The van der Waals surface area contributed by atoms with Gasteiger partial charge in [0.1, 0.15) is 0 Å². The molecule has 4 heteroatoms. The molecule has 0 bridgehead atoms. The van der Waals surface area contributed by atoms with E-state index in [1.54, 1.807) is 19.1 Å². The van der Waals surface area contributed by atoms with Crippen molar-refractivity contribution in [3.8, 4) is 0 Å². The zero-order valence-electron chi connectivity index (χ0n) is 12.2. The van der Waals surface area contributed by atoms with Gasteiger partial charge in [0.05, 0.1) is 4.92 Å². The van der Waals surface area contributed by atoms with E-state index in [-0.39, 0.29) is 10.6 Å². The first kappa shape index (κ1) is 15.2. The van der Waals surface area contributed by atoms with Gasteiger partial charge in [0, 0.05) is 18.2 Å². The minimum atomic E-state index is -0.325. The molecule has 0 saturated carbocycles. The third-order valence-corrected chi connectivity index (χ3v) is 3.46. The van der Waals surface area contributed by atoms with Gasteiger partial charge in [-0.1, -0.05) is 42.5 Å². The van der Waals surface area contributed by atoms with E-state index in [9.17, 15) is 10.1 Å². The first-order chi connectivity index (χ1) is 10.2. The largest absolute Gasteiger partial charge is 0.313 e. The van der Waals surface area contributed by atoms with Crippen molar-refractivity contribution in [2.45, 2.75) is 26.3 Å². The molecule has 0 atom stereocenters. The van der Waals surface area contributed by atoms with Crippen molar-refractivity contribution < 1.29 is 4.92 Å². The van der Waals surface area contributed by atoms with E-state index in [0.29, 0.717) is 12.1 Å². The first-order valence-corrected chi connectivity index (χ1v) is 7.15. The molecule has 0 amide bonds. The molecular weight excluding hydrogens is 264 g/mol. The molecule has 2 rings (SSSR count). The van der Waals surface area contributed by atoms with Crippen LogP contribution in [-0.4, -0.2) is 11.5 Å². The molecule has 0 aliphatic rings. The summed E-state index contributed by atoms with van der Waals surface area (Å²) in [7, 11) is 0. The van der Waals surface area contributed by atoms with E-state index < -0.39 is 0 Å². The molecule has 0 aliphatic heterocycles. The molecule has 2 aromatic carbocycles. The molecule has 0 heterocycles. The van der Waals surface area contributed by atoms with E-state index >= 15 is 0 Å². The predicted octanol–water partition coefficient (Wildman–Crippen LogP) is 3.63. The van der Waals surface area contributed by atoms with Crippen molar-refractivity contribution in [1.82, 2.24) is 5.32 Å². The molecule has 2 aromatic rings. The SMILES string of the molecule is Cc1ccc(CNCCCc2ccccc2)cc1[N+](=O)[O-]. The Morgan fingerprint density at radius 3 is 2.57 bits per heavy atom. The van der Waals surface area contributed by atoms with Crippen LogP contribution in [0.1, 0.15) is 23.1 Å². The molecule has 21 heavy (non-hydrogen) atoms. The maximum Gasteiger partial charge on any atom is 0.272 e. The Morgan fingerprint density at radius 2 is 1.86 bits per heavy atom. The summed E-state index contributed by atoms with van der Waals surface area (Å²) in [6.07, 6.45) is 2.10. The van der Waals surface area contributed by atoms with Crippen LogP contribution in [0.2, 0.25) is 0 Å². The predicted molar refractivity (Wildman–Crippen MR) is 84.3 cm³/mol. The summed E-state index contributed by atoms with van der Waals surface area (Å²) in [5.74, 6) is 0. The Bertz CT molecular complexity index is 597. The number of hydrogen-bond acceptors (Lipinski definition) is 3. The quantitative estimate of drug-likeness (QED) is 0.480. The molecule has 0 fully saturated rings. The van der Waals surface area contributed by atoms with E-state index in [2.05, 4.69) is 17.4 Å². The van der Waals surface area contributed by atoms with Gasteiger partial charge in [-0.25, -0.2) is 0 Å². The molecule has 0 unspecified atom stereocenters. The van der Waals surface area contributed by atoms with Gasteiger partial charge < -0.3 is 5.32 Å². The molecule has 0 aliphatic carbocycles. The second kappa shape index (κ2) is 7.55. The second-order valence-corrected chi connectivity index (χ2v) is 5.14. The Morgan fingerprint density at radius 1 is 1.10 bits per heavy atom. The normalized spacial score (nSPS) is 10.5. The minimum absolute atomic E-state index is 0.193. The monoisotopic (exact) mass is 284 g/mol. The van der Waals surface area contributed by atoms with Crippen molar-refractivity contribution >= 4 is 5.69 Å². The van der Waals surface area contributed by atoms with E-state index in [1.165, 1.54) is 5.56 Å². The molecule has 1 N–H and O–H groups in total. The number of nitro benzene ring substituents is 1. The Labute approximate surface area is 125 Å². The van der Waals surface area contributed by atoms with Gasteiger partial charge in [0.15, 0.2) is 0 Å². The van der Waals surface area contributed by atoms with Crippen molar-refractivity contribution in [2.24, 2.45) is 0 Å². The topological polar surface area (TPSA) is 55.2 Å². The molecule has 0 saturated heterocycles. The molecular formula is C17H20N2O2. The lowest BCUT2D eigenvalue weighted by molar-refractivity contribution is -0.385. The fourth-order valence-electron chi connectivity index (χ4n) is 2.26. The molecule has 0 spiro atoms. The zero-order chi connectivity index (χ0) is 15.1. The fourth-order valence-corrected chi connectivity index (χ4v) is 2.26. The molecule has 110 valence electrons. The number of rotatable bonds is 7. The third-order valence-electron chi connectivity index (χ3n) is 3.46. The van der Waals surface area contributed by atoms with Crippen molar-refractivity contribution in [2.75, 3.05) is 6.54 Å². The summed E-state index contributed by atoms with van der Waals surface area (Å²) in [4.78, 5) is 10.6. The first-order valence-electron chi connectivity index (χ1n) is 7.15. The molecule has 0 radical (unpaired) electrons. The third kappa shape index (κ3) is 4.68. The average molecular weight is 284 g/mol. The lowest BCUT2D eigenvalue weighted by Gasteiger charge is -2.06. The van der Waals surface area contributed by atoms with Crippen LogP contribution in [0, 0.1) is 17.0 Å². The number of nitro groups is 1. The highest BCUT2D eigenvalue weighted by Crippen LogP contribution is 2.19. The summed E-state index contributed by atoms with van der Waals surface area (Å²) in [5.41, 5.74) is 3.18. The summed E-state index contributed by atoms with van der Waals surface area (Å²) < 4.78 is 0. The van der Waals surface area contributed by atoms with Crippen LogP contribution in [0.25, 0.3) is 0 Å². The average Bonchev–Trinajstić information content (AvgIpc) is 2.49. The van der Waals surface area contributed by atoms with Crippen LogP contribution in [0.5, 0.6) is 0 Å². The van der Waals surface area contributed by atoms with E-state index in [1.807, 2.05) is 24.3 Å². The van der Waals surface area contributed by atoms with Crippen LogP contribution in [0.3, 0.4) is 0 Å². The van der Waals surface area contributed by atoms with Crippen molar-refractivity contribution in [1.29, 1.82) is 0 Å². The Kier molecular flexibility index (Phi) is 5.46. The van der Waals surface area contributed by atoms with Gasteiger partial charge in [-0.3, -0.25) is 10.1 Å². The van der Waals surface area contributed by atoms with Crippen molar-refractivity contribution in [3.63, 3.8) is 0 Å². The number of nitrogens with zero attached hydrogens (tertiary/aromatic N) is 1. The van der Waals surface area contributed by atoms with E-state index in [0.717, 1.165) is 24.9 Å². The highest BCUT2D eigenvalue weighted by Gasteiger charge is 2.10. The standard InChI is InChI=1S/C17H20N2O2/c1-14-9-10-16(12-17(14)19(20)21)13-18-11-5-8-15-6-3-2-4-7-15/h2-4,6-7,9-10,12,18H,5,8,11,13H2,1H3. The zero-order valence-corrected chi connectivity index (χ0v) is 12.2. The highest BCUT2D eigenvalue weighted by molar-refractivity contribution is 5.42. The fraction of sp³-hybridized carbons (Fsp3) is 0.294. The van der Waals surface area contributed by atoms with Crippen LogP contribution < -0.4 is 5.32 Å². The van der Waals surface area contributed by atoms with Crippen LogP contribution in [0.4, 0.5) is 5.69 Å². The number of benzene rings is 2. The maximum absolute atomic E-state index is 10.9. The Balaban J connectivity index is 1.76. The minimum Gasteiger partial charge on any atom is -0.313 e. The van der Waals surface area contributed by atoms with Crippen LogP contribution in [-0.2, 0) is 13.0 Å². The highest BCUT2D eigenvalue weighted by atomic mass is 16.6. The maximum atomic E-state index is 10.9. The molecule has 4 nitrogen and oxygen atoms in total. The number of hydrogen-bond donors (Lipinski definition) is 1. The van der Waals surface area contributed by atoms with Crippen LogP contribution in [0.15, 0.2) is 48.5 Å². The van der Waals surface area contributed by atoms with Gasteiger partial charge in [-0.05, 0) is 37.4 Å². The van der Waals surface area contributed by atoms with Gasteiger partial charge >= 0.3 is 0 Å². The van der Waals surface area contributed by atoms with Crippen molar-refractivity contribution in [3.05, 3.63) is 75.3 Å². The Hall–Kier alpha value is -2.20. The second-order valence-electron chi connectivity index (χ2n) is 5.14. The lowest BCUT2D eigenvalue weighted by atomic mass is 10.1. The summed E-state index contributed by atoms with van der Waals surface area (Å²) in [5, 5.41) is 14.2. The van der Waals surface area contributed by atoms with Crippen LogP contribution >= 0.6 is 0 Å². The van der Waals surface area contributed by atoms with E-state index in [4.69, 9.17) is 0 Å².